The van der Waals surface area contributed by atoms with E-state index in [9.17, 15) is 4.79 Å². The van der Waals surface area contributed by atoms with Crippen molar-refractivity contribution in [2.24, 2.45) is 0 Å². The van der Waals surface area contributed by atoms with Gasteiger partial charge in [-0.15, -0.1) is 0 Å². The van der Waals surface area contributed by atoms with Crippen LogP contribution < -0.4 is 14.8 Å². The van der Waals surface area contributed by atoms with Gasteiger partial charge in [0.05, 0.1) is 6.04 Å². The van der Waals surface area contributed by atoms with Crippen LogP contribution in [-0.4, -0.2) is 25.2 Å². The van der Waals surface area contributed by atoms with E-state index in [4.69, 9.17) is 9.47 Å². The monoisotopic (exact) mass is 391 g/mol. The number of carbonyl (C=O) groups excluding carboxylic acids is 1. The third-order valence-corrected chi connectivity index (χ3v) is 4.38. The first kappa shape index (κ1) is 18.3. The molecule has 0 heterocycles. The van der Waals surface area contributed by atoms with Gasteiger partial charge in [-0.2, -0.15) is 0 Å². The van der Waals surface area contributed by atoms with Crippen molar-refractivity contribution in [3.63, 3.8) is 0 Å². The molecule has 4 nitrogen and oxygen atoms in total. The maximum Gasteiger partial charge on any atom is 0.258 e. The van der Waals surface area contributed by atoms with Crippen molar-refractivity contribution in [2.75, 3.05) is 13.2 Å². The van der Waals surface area contributed by atoms with Gasteiger partial charge in [-0.25, -0.2) is 0 Å². The molecule has 5 heteroatoms. The third kappa shape index (κ3) is 5.57. The molecule has 2 rings (SSSR count). The van der Waals surface area contributed by atoms with Gasteiger partial charge in [-0.05, 0) is 56.2 Å². The number of ether oxygens (including phenoxy) is 2. The Bertz CT molecular complexity index is 703. The Morgan fingerprint density at radius 2 is 1.88 bits per heavy atom. The fourth-order valence-corrected chi connectivity index (χ4v) is 2.39. The highest BCUT2D eigenvalue weighted by molar-refractivity contribution is 9.10. The Morgan fingerprint density at radius 1 is 1.12 bits per heavy atom. The number of hydrogen-bond acceptors (Lipinski definition) is 3. The summed E-state index contributed by atoms with van der Waals surface area (Å²) in [5.74, 6) is 1.34. The summed E-state index contributed by atoms with van der Waals surface area (Å²) in [5, 5.41) is 2.87. The fraction of sp³-hybridized carbons (Fsp3) is 0.316. The topological polar surface area (TPSA) is 47.6 Å². The Kier molecular flexibility index (Phi) is 6.67. The molecule has 2 aromatic carbocycles. The minimum atomic E-state index is -0.170. The molecule has 128 valence electrons. The van der Waals surface area contributed by atoms with Crippen LogP contribution in [0.25, 0.3) is 0 Å². The lowest BCUT2D eigenvalue weighted by Gasteiger charge is -2.16. The number of aryl methyl sites for hydroxylation is 2. The summed E-state index contributed by atoms with van der Waals surface area (Å²) in [4.78, 5) is 12.0. The van der Waals surface area contributed by atoms with E-state index in [1.165, 1.54) is 0 Å². The molecule has 2 aromatic rings. The molecule has 0 aliphatic carbocycles. The van der Waals surface area contributed by atoms with Crippen molar-refractivity contribution in [1.29, 1.82) is 0 Å². The molecule has 0 saturated heterocycles. The summed E-state index contributed by atoms with van der Waals surface area (Å²) in [6.07, 6.45) is 0. The zero-order chi connectivity index (χ0) is 17.5. The Labute approximate surface area is 151 Å². The Hall–Kier alpha value is -2.01. The third-order valence-electron chi connectivity index (χ3n) is 3.49. The Balaban J connectivity index is 1.75. The zero-order valence-corrected chi connectivity index (χ0v) is 15.7. The van der Waals surface area contributed by atoms with Gasteiger partial charge in [-0.1, -0.05) is 34.1 Å². The lowest BCUT2D eigenvalue weighted by Crippen LogP contribution is -2.39. The quantitative estimate of drug-likeness (QED) is 0.774. The number of amides is 1. The highest BCUT2D eigenvalue weighted by Crippen LogP contribution is 2.21. The maximum absolute atomic E-state index is 12.0. The predicted octanol–water partition coefficient (Wildman–Crippen LogP) is 4.03. The molecule has 24 heavy (non-hydrogen) atoms. The van der Waals surface area contributed by atoms with Gasteiger partial charge in [0.15, 0.2) is 6.61 Å². The second kappa shape index (κ2) is 8.73. The maximum atomic E-state index is 12.0. The summed E-state index contributed by atoms with van der Waals surface area (Å²) < 4.78 is 12.3. The van der Waals surface area contributed by atoms with Crippen LogP contribution in [-0.2, 0) is 4.79 Å². The van der Waals surface area contributed by atoms with E-state index in [-0.39, 0.29) is 18.6 Å². The number of rotatable bonds is 7. The molecular weight excluding hydrogens is 370 g/mol. The summed E-state index contributed by atoms with van der Waals surface area (Å²) in [5.41, 5.74) is 2.14. The van der Waals surface area contributed by atoms with Gasteiger partial charge in [0.25, 0.3) is 5.91 Å². The molecule has 0 spiro atoms. The smallest absolute Gasteiger partial charge is 0.258 e. The van der Waals surface area contributed by atoms with Crippen molar-refractivity contribution < 1.29 is 14.3 Å². The molecule has 0 saturated carbocycles. The first-order chi connectivity index (χ1) is 11.5. The largest absolute Gasteiger partial charge is 0.491 e. The van der Waals surface area contributed by atoms with E-state index in [2.05, 4.69) is 21.2 Å². The SMILES string of the molecule is Cc1cc(OCC(=O)N[C@@H](C)COc2ccccc2C)ccc1Br. The number of para-hydroxylation sites is 1. The van der Waals surface area contributed by atoms with Crippen LogP contribution in [0.4, 0.5) is 0 Å². The number of carbonyl (C=O) groups is 1. The van der Waals surface area contributed by atoms with Crippen molar-refractivity contribution in [1.82, 2.24) is 5.32 Å². The molecular formula is C19H22BrNO3. The van der Waals surface area contributed by atoms with Crippen molar-refractivity contribution in [2.45, 2.75) is 26.8 Å². The molecule has 0 fully saturated rings. The van der Waals surface area contributed by atoms with Gasteiger partial charge in [0.2, 0.25) is 0 Å². The van der Waals surface area contributed by atoms with Crippen LogP contribution >= 0.6 is 15.9 Å². The van der Waals surface area contributed by atoms with Crippen LogP contribution in [0, 0.1) is 13.8 Å². The molecule has 0 radical (unpaired) electrons. The fourth-order valence-electron chi connectivity index (χ4n) is 2.15. The number of nitrogens with one attached hydrogen (secondary N) is 1. The van der Waals surface area contributed by atoms with Gasteiger partial charge in [0, 0.05) is 4.47 Å². The van der Waals surface area contributed by atoms with E-state index in [1.807, 2.05) is 63.2 Å². The Morgan fingerprint density at radius 3 is 2.58 bits per heavy atom. The molecule has 0 unspecified atom stereocenters. The molecule has 0 aliphatic rings. The summed E-state index contributed by atoms with van der Waals surface area (Å²) >= 11 is 3.43. The molecule has 1 atom stereocenters. The van der Waals surface area contributed by atoms with Gasteiger partial charge in [-0.3, -0.25) is 4.79 Å². The van der Waals surface area contributed by atoms with Crippen LogP contribution in [0.2, 0.25) is 0 Å². The lowest BCUT2D eigenvalue weighted by atomic mass is 10.2. The zero-order valence-electron chi connectivity index (χ0n) is 14.1. The number of hydrogen-bond donors (Lipinski definition) is 1. The minimum Gasteiger partial charge on any atom is -0.491 e. The normalized spacial score (nSPS) is 11.7. The standard InChI is InChI=1S/C19H22BrNO3/c1-13-6-4-5-7-18(13)24-11-15(3)21-19(22)12-23-16-8-9-17(20)14(2)10-16/h4-10,15H,11-12H2,1-3H3,(H,21,22)/t15-/m0/s1. The van der Waals surface area contributed by atoms with E-state index in [0.29, 0.717) is 12.4 Å². The first-order valence-electron chi connectivity index (χ1n) is 7.82. The van der Waals surface area contributed by atoms with Crippen molar-refractivity contribution in [3.05, 3.63) is 58.1 Å². The van der Waals surface area contributed by atoms with Crippen LogP contribution in [0.15, 0.2) is 46.9 Å². The summed E-state index contributed by atoms with van der Waals surface area (Å²) in [7, 11) is 0. The van der Waals surface area contributed by atoms with E-state index < -0.39 is 0 Å². The summed E-state index contributed by atoms with van der Waals surface area (Å²) in [6.45, 7) is 6.26. The van der Waals surface area contributed by atoms with Crippen molar-refractivity contribution in [3.8, 4) is 11.5 Å². The molecule has 0 aromatic heterocycles. The average molecular weight is 392 g/mol. The van der Waals surface area contributed by atoms with Crippen LogP contribution in [0.5, 0.6) is 11.5 Å². The van der Waals surface area contributed by atoms with E-state index in [1.54, 1.807) is 0 Å². The van der Waals surface area contributed by atoms with Crippen molar-refractivity contribution >= 4 is 21.8 Å². The van der Waals surface area contributed by atoms with E-state index >= 15 is 0 Å². The molecule has 1 N–H and O–H groups in total. The summed E-state index contributed by atoms with van der Waals surface area (Å²) in [6, 6.07) is 13.3. The second-order valence-electron chi connectivity index (χ2n) is 5.74. The highest BCUT2D eigenvalue weighted by Gasteiger charge is 2.10. The number of benzene rings is 2. The molecule has 0 aliphatic heterocycles. The van der Waals surface area contributed by atoms with E-state index in [0.717, 1.165) is 21.3 Å². The van der Waals surface area contributed by atoms with Crippen LogP contribution in [0.3, 0.4) is 0 Å². The average Bonchev–Trinajstić information content (AvgIpc) is 2.55. The van der Waals surface area contributed by atoms with Crippen LogP contribution in [0.1, 0.15) is 18.1 Å². The molecule has 1 amide bonds. The predicted molar refractivity (Wildman–Crippen MR) is 98.7 cm³/mol. The first-order valence-corrected chi connectivity index (χ1v) is 8.61. The number of halogens is 1. The molecule has 0 bridgehead atoms. The minimum absolute atomic E-state index is 0.0181. The highest BCUT2D eigenvalue weighted by atomic mass is 79.9. The van der Waals surface area contributed by atoms with Gasteiger partial charge >= 0.3 is 0 Å². The lowest BCUT2D eigenvalue weighted by molar-refractivity contribution is -0.123. The second-order valence-corrected chi connectivity index (χ2v) is 6.60. The van der Waals surface area contributed by atoms with Gasteiger partial charge in [0.1, 0.15) is 18.1 Å². The van der Waals surface area contributed by atoms with Gasteiger partial charge < -0.3 is 14.8 Å².